The maximum absolute atomic E-state index is 11.4. The summed E-state index contributed by atoms with van der Waals surface area (Å²) in [5.41, 5.74) is 0. The molecule has 0 aromatic heterocycles. The number of nitrogens with zero attached hydrogens (tertiary/aromatic N) is 1. The number of amides is 3. The third-order valence-corrected chi connectivity index (χ3v) is 4.21. The first-order valence-corrected chi connectivity index (χ1v) is 5.81. The number of nitrogens with one attached hydrogen (secondary N) is 1. The van der Waals surface area contributed by atoms with Crippen molar-refractivity contribution in [1.29, 1.82) is 0 Å². The molecule has 3 unspecified atom stereocenters. The second-order valence-corrected chi connectivity index (χ2v) is 5.17. The van der Waals surface area contributed by atoms with Gasteiger partial charge in [0.15, 0.2) is 0 Å². The first-order chi connectivity index (χ1) is 7.22. The van der Waals surface area contributed by atoms with Crippen LogP contribution in [-0.2, 0) is 4.79 Å². The fourth-order valence-corrected chi connectivity index (χ4v) is 3.51. The number of carbonyl (C=O) groups is 2. The number of urea groups is 1. The highest BCUT2D eigenvalue weighted by Crippen LogP contribution is 2.48. The Labute approximate surface area is 89.0 Å². The summed E-state index contributed by atoms with van der Waals surface area (Å²) in [7, 11) is 0. The van der Waals surface area contributed by atoms with Gasteiger partial charge in [-0.3, -0.25) is 10.1 Å². The summed E-state index contributed by atoms with van der Waals surface area (Å²) < 4.78 is 0. The lowest BCUT2D eigenvalue weighted by atomic mass is 9.88. The van der Waals surface area contributed by atoms with Crippen LogP contribution in [0.3, 0.4) is 0 Å². The van der Waals surface area contributed by atoms with Crippen molar-refractivity contribution in [3.63, 3.8) is 0 Å². The normalized spacial score (nSPS) is 38.9. The minimum Gasteiger partial charge on any atom is -0.315 e. The minimum atomic E-state index is -0.192. The molecule has 2 aliphatic carbocycles. The molecular formula is C11H16N2O2. The van der Waals surface area contributed by atoms with Crippen molar-refractivity contribution in [3.05, 3.63) is 0 Å². The molecule has 0 spiro atoms. The van der Waals surface area contributed by atoms with Crippen molar-refractivity contribution in [3.8, 4) is 0 Å². The molecule has 0 radical (unpaired) electrons. The van der Waals surface area contributed by atoms with Crippen molar-refractivity contribution in [2.45, 2.75) is 25.7 Å². The molecule has 0 aromatic carbocycles. The highest BCUT2D eigenvalue weighted by atomic mass is 16.2. The Bertz CT molecular complexity index is 316. The van der Waals surface area contributed by atoms with E-state index in [1.165, 1.54) is 25.7 Å². The van der Waals surface area contributed by atoms with Gasteiger partial charge < -0.3 is 4.90 Å². The molecule has 3 atom stereocenters. The Hall–Kier alpha value is -1.06. The molecule has 3 aliphatic rings. The van der Waals surface area contributed by atoms with Crippen molar-refractivity contribution in [2.75, 3.05) is 13.1 Å². The molecule has 3 rings (SSSR count). The lowest BCUT2D eigenvalue weighted by Crippen LogP contribution is -2.34. The molecule has 1 aliphatic heterocycles. The van der Waals surface area contributed by atoms with Crippen LogP contribution in [0.25, 0.3) is 0 Å². The molecular weight excluding hydrogens is 192 g/mol. The Morgan fingerprint density at radius 3 is 2.67 bits per heavy atom. The zero-order valence-electron chi connectivity index (χ0n) is 8.74. The zero-order chi connectivity index (χ0) is 10.4. The van der Waals surface area contributed by atoms with Gasteiger partial charge in [0, 0.05) is 6.54 Å². The van der Waals surface area contributed by atoms with Gasteiger partial charge in [-0.1, -0.05) is 6.42 Å². The Balaban J connectivity index is 1.62. The van der Waals surface area contributed by atoms with E-state index in [4.69, 9.17) is 0 Å². The minimum absolute atomic E-state index is 0.150. The lowest BCUT2D eigenvalue weighted by molar-refractivity contribution is -0.118. The summed E-state index contributed by atoms with van der Waals surface area (Å²) in [5.74, 6) is 2.23. The molecule has 2 bridgehead atoms. The van der Waals surface area contributed by atoms with Gasteiger partial charge in [0.1, 0.15) is 6.54 Å². The highest BCUT2D eigenvalue weighted by Gasteiger charge is 2.41. The first kappa shape index (κ1) is 9.19. The van der Waals surface area contributed by atoms with Gasteiger partial charge in [-0.25, -0.2) is 4.79 Å². The number of carbonyl (C=O) groups excluding carboxylic acids is 2. The Morgan fingerprint density at radius 1 is 1.27 bits per heavy atom. The van der Waals surface area contributed by atoms with Gasteiger partial charge in [0.2, 0.25) is 5.91 Å². The topological polar surface area (TPSA) is 49.4 Å². The van der Waals surface area contributed by atoms with Crippen LogP contribution >= 0.6 is 0 Å². The second kappa shape index (κ2) is 3.22. The van der Waals surface area contributed by atoms with Crippen LogP contribution in [0.4, 0.5) is 4.79 Å². The first-order valence-electron chi connectivity index (χ1n) is 5.81. The molecule has 4 heteroatoms. The van der Waals surface area contributed by atoms with Crippen LogP contribution in [0, 0.1) is 17.8 Å². The van der Waals surface area contributed by atoms with E-state index in [1.807, 2.05) is 0 Å². The third-order valence-electron chi connectivity index (χ3n) is 4.21. The highest BCUT2D eigenvalue weighted by molar-refractivity contribution is 6.01. The van der Waals surface area contributed by atoms with E-state index in [2.05, 4.69) is 5.32 Å². The van der Waals surface area contributed by atoms with Gasteiger partial charge in [0.05, 0.1) is 0 Å². The average Bonchev–Trinajstić information content (AvgIpc) is 2.83. The van der Waals surface area contributed by atoms with E-state index in [9.17, 15) is 9.59 Å². The van der Waals surface area contributed by atoms with E-state index in [1.54, 1.807) is 4.90 Å². The predicted octanol–water partition coefficient (Wildman–Crippen LogP) is 0.974. The summed E-state index contributed by atoms with van der Waals surface area (Å²) >= 11 is 0. The summed E-state index contributed by atoms with van der Waals surface area (Å²) in [6, 6.07) is -0.192. The quantitative estimate of drug-likeness (QED) is 0.687. The van der Waals surface area contributed by atoms with Crippen molar-refractivity contribution in [2.24, 2.45) is 17.8 Å². The lowest BCUT2D eigenvalue weighted by Gasteiger charge is -2.25. The van der Waals surface area contributed by atoms with E-state index in [0.29, 0.717) is 5.92 Å². The molecule has 1 saturated heterocycles. The molecule has 1 N–H and O–H groups in total. The summed E-state index contributed by atoms with van der Waals surface area (Å²) in [6.07, 6.45) is 5.34. The standard InChI is InChI=1S/C11H16N2O2/c14-10-6-13(11(15)12-10)5-9-4-7-1-2-8(9)3-7/h7-9H,1-6H2,(H,12,14,15). The zero-order valence-corrected chi connectivity index (χ0v) is 8.74. The maximum atomic E-state index is 11.4. The van der Waals surface area contributed by atoms with Gasteiger partial charge >= 0.3 is 6.03 Å². The molecule has 3 amide bonds. The van der Waals surface area contributed by atoms with Crippen molar-refractivity contribution in [1.82, 2.24) is 10.2 Å². The van der Waals surface area contributed by atoms with E-state index in [-0.39, 0.29) is 18.5 Å². The average molecular weight is 208 g/mol. The molecule has 82 valence electrons. The van der Waals surface area contributed by atoms with Crippen LogP contribution in [-0.4, -0.2) is 29.9 Å². The number of hydrogen-bond donors (Lipinski definition) is 1. The molecule has 2 saturated carbocycles. The molecule has 15 heavy (non-hydrogen) atoms. The number of fused-ring (bicyclic) bond motifs is 2. The number of rotatable bonds is 2. The summed E-state index contributed by atoms with van der Waals surface area (Å²) in [5, 5.41) is 2.33. The SMILES string of the molecule is O=C1CN(CC2CC3CCC2C3)C(=O)N1. The fraction of sp³-hybridized carbons (Fsp3) is 0.818. The predicted molar refractivity (Wildman–Crippen MR) is 54.0 cm³/mol. The Morgan fingerprint density at radius 2 is 2.13 bits per heavy atom. The molecule has 1 heterocycles. The molecule has 0 aromatic rings. The van der Waals surface area contributed by atoms with Gasteiger partial charge in [0.25, 0.3) is 0 Å². The van der Waals surface area contributed by atoms with E-state index in [0.717, 1.165) is 18.4 Å². The van der Waals surface area contributed by atoms with Crippen LogP contribution in [0.5, 0.6) is 0 Å². The fourth-order valence-electron chi connectivity index (χ4n) is 3.51. The largest absolute Gasteiger partial charge is 0.324 e. The van der Waals surface area contributed by atoms with E-state index < -0.39 is 0 Å². The maximum Gasteiger partial charge on any atom is 0.324 e. The van der Waals surface area contributed by atoms with E-state index >= 15 is 0 Å². The van der Waals surface area contributed by atoms with Gasteiger partial charge in [-0.2, -0.15) is 0 Å². The molecule has 3 fully saturated rings. The van der Waals surface area contributed by atoms with Crippen LogP contribution in [0.15, 0.2) is 0 Å². The van der Waals surface area contributed by atoms with Crippen LogP contribution < -0.4 is 5.32 Å². The Kier molecular flexibility index (Phi) is 1.97. The van der Waals surface area contributed by atoms with Gasteiger partial charge in [-0.15, -0.1) is 0 Å². The van der Waals surface area contributed by atoms with Gasteiger partial charge in [-0.05, 0) is 37.0 Å². The second-order valence-electron chi connectivity index (χ2n) is 5.17. The van der Waals surface area contributed by atoms with Crippen molar-refractivity contribution >= 4 is 11.9 Å². The third kappa shape index (κ3) is 1.52. The smallest absolute Gasteiger partial charge is 0.315 e. The van der Waals surface area contributed by atoms with Crippen molar-refractivity contribution < 1.29 is 9.59 Å². The number of imide groups is 1. The monoisotopic (exact) mass is 208 g/mol. The molecule has 4 nitrogen and oxygen atoms in total. The van der Waals surface area contributed by atoms with Crippen LogP contribution in [0.2, 0.25) is 0 Å². The number of hydrogen-bond acceptors (Lipinski definition) is 2. The summed E-state index contributed by atoms with van der Waals surface area (Å²) in [4.78, 5) is 24.1. The summed E-state index contributed by atoms with van der Waals surface area (Å²) in [6.45, 7) is 1.06. The van der Waals surface area contributed by atoms with Crippen LogP contribution in [0.1, 0.15) is 25.7 Å².